The Hall–Kier alpha value is -3.13. The normalized spacial score (nSPS) is 18.0. The van der Waals surface area contributed by atoms with Crippen LogP contribution in [-0.4, -0.2) is 9.97 Å². The topological polar surface area (TPSA) is 28.7 Å². The van der Waals surface area contributed by atoms with E-state index in [2.05, 4.69) is 82.1 Å². The lowest BCUT2D eigenvalue weighted by molar-refractivity contribution is 0.332. The maximum atomic E-state index is 8.73. The minimum Gasteiger partial charge on any atom is -0.354 e. The Bertz CT molecular complexity index is 1640. The number of pyridine rings is 1. The number of nitrogens with one attached hydrogen (secondary N) is 1. The molecule has 1 aliphatic carbocycles. The van der Waals surface area contributed by atoms with E-state index in [1.54, 1.807) is 0 Å². The zero-order valence-corrected chi connectivity index (χ0v) is 19.5. The van der Waals surface area contributed by atoms with Crippen LogP contribution in [0.5, 0.6) is 0 Å². The summed E-state index contributed by atoms with van der Waals surface area (Å²) in [4.78, 5) is 8.34. The summed E-state index contributed by atoms with van der Waals surface area (Å²) in [7, 11) is 0. The van der Waals surface area contributed by atoms with E-state index in [4.69, 9.17) is 7.73 Å². The number of aryl methyl sites for hydroxylation is 1. The molecule has 0 aliphatic heterocycles. The minimum atomic E-state index is 0.0288. The zero-order valence-electron chi connectivity index (χ0n) is 21.5. The van der Waals surface area contributed by atoms with E-state index >= 15 is 0 Å². The molecule has 0 atom stereocenters. The molecule has 3 aromatic carbocycles. The maximum Gasteiger partial charge on any atom is 0.0840 e. The molecule has 0 spiro atoms. The van der Waals surface area contributed by atoms with E-state index < -0.39 is 0 Å². The molecule has 2 heteroatoms. The van der Waals surface area contributed by atoms with E-state index in [1.165, 1.54) is 21.9 Å². The first kappa shape index (κ1) is 17.4. The highest BCUT2D eigenvalue weighted by Crippen LogP contribution is 2.48. The first-order valence-electron chi connectivity index (χ1n) is 12.5. The molecule has 0 saturated carbocycles. The standard InChI is InChI=1S/C30H30N2/c1-18-14-22-20-8-6-7-9-26(20)32-28(22)23(15-18)27-21-17-25-24(16-19(21)10-13-31-27)29(2,3)11-12-30(25,4)5/h6-10,13-17,32H,11-12H2,1-5H3/i10D,13D. The number of aromatic nitrogens is 2. The average Bonchev–Trinajstić information content (AvgIpc) is 3.17. The Morgan fingerprint density at radius 2 is 1.59 bits per heavy atom. The number of hydrogen-bond donors (Lipinski definition) is 1. The van der Waals surface area contributed by atoms with Gasteiger partial charge in [0.1, 0.15) is 0 Å². The molecule has 0 saturated heterocycles. The first-order chi connectivity index (χ1) is 16.1. The summed E-state index contributed by atoms with van der Waals surface area (Å²) in [6.45, 7) is 11.4. The predicted octanol–water partition coefficient (Wildman–Crippen LogP) is 8.19. The highest BCUT2D eigenvalue weighted by atomic mass is 14.7. The lowest BCUT2D eigenvalue weighted by Crippen LogP contribution is -2.33. The molecule has 2 heterocycles. The van der Waals surface area contributed by atoms with Crippen LogP contribution in [0.1, 0.15) is 60.0 Å². The van der Waals surface area contributed by atoms with Crippen LogP contribution < -0.4 is 0 Å². The van der Waals surface area contributed by atoms with Crippen LogP contribution in [0.25, 0.3) is 43.8 Å². The highest BCUT2D eigenvalue weighted by molar-refractivity contribution is 6.13. The van der Waals surface area contributed by atoms with Gasteiger partial charge >= 0.3 is 0 Å². The lowest BCUT2D eigenvalue weighted by Gasteiger charge is -2.42. The number of para-hydroxylation sites is 1. The molecule has 0 amide bonds. The van der Waals surface area contributed by atoms with Gasteiger partial charge in [0.2, 0.25) is 0 Å². The van der Waals surface area contributed by atoms with Crippen molar-refractivity contribution in [3.05, 3.63) is 77.4 Å². The van der Waals surface area contributed by atoms with Gasteiger partial charge < -0.3 is 4.98 Å². The molecule has 1 aliphatic rings. The van der Waals surface area contributed by atoms with Gasteiger partial charge in [0, 0.05) is 33.4 Å². The summed E-state index contributed by atoms with van der Waals surface area (Å²) in [6, 6.07) is 17.4. The zero-order chi connectivity index (χ0) is 24.0. The second kappa shape index (κ2) is 6.45. The van der Waals surface area contributed by atoms with Gasteiger partial charge in [0.05, 0.1) is 14.0 Å². The number of nitrogens with zero attached hydrogens (tertiary/aromatic N) is 1. The number of fused-ring (bicyclic) bond motifs is 5. The van der Waals surface area contributed by atoms with E-state index in [9.17, 15) is 0 Å². The Morgan fingerprint density at radius 1 is 0.875 bits per heavy atom. The van der Waals surface area contributed by atoms with Gasteiger partial charge in [-0.2, -0.15) is 0 Å². The van der Waals surface area contributed by atoms with Crippen molar-refractivity contribution < 1.29 is 2.74 Å². The number of H-pyrrole nitrogens is 1. The Balaban J connectivity index is 1.76. The van der Waals surface area contributed by atoms with Crippen molar-refractivity contribution in [3.8, 4) is 11.3 Å². The first-order valence-corrected chi connectivity index (χ1v) is 11.5. The molecule has 32 heavy (non-hydrogen) atoms. The molecular formula is C30H30N2. The summed E-state index contributed by atoms with van der Waals surface area (Å²) in [5.74, 6) is 0. The van der Waals surface area contributed by atoms with Crippen LogP contribution in [0.15, 0.2) is 60.7 Å². The third-order valence-corrected chi connectivity index (χ3v) is 7.62. The van der Waals surface area contributed by atoms with Crippen molar-refractivity contribution in [2.75, 3.05) is 0 Å². The van der Waals surface area contributed by atoms with Crippen molar-refractivity contribution >= 4 is 32.6 Å². The van der Waals surface area contributed by atoms with Crippen molar-refractivity contribution in [2.45, 2.75) is 58.3 Å². The fraction of sp³-hybridized carbons (Fsp3) is 0.300. The summed E-state index contributed by atoms with van der Waals surface area (Å²) < 4.78 is 17.3. The summed E-state index contributed by atoms with van der Waals surface area (Å²) in [5.41, 5.74) is 7.83. The fourth-order valence-corrected chi connectivity index (χ4v) is 5.60. The van der Waals surface area contributed by atoms with Gasteiger partial charge in [0.15, 0.2) is 0 Å². The SMILES string of the molecule is [2H]c1nc(-c2cc(C)cc3c2[nH]c2ccccc23)c2cc3c(cc2c1[2H])C(C)(C)CCC3(C)C. The van der Waals surface area contributed by atoms with E-state index in [0.717, 1.165) is 51.5 Å². The van der Waals surface area contributed by atoms with Crippen LogP contribution >= 0.6 is 0 Å². The summed E-state index contributed by atoms with van der Waals surface area (Å²) in [5, 5.41) is 4.15. The second-order valence-electron chi connectivity index (χ2n) is 10.8. The average molecular weight is 421 g/mol. The minimum absolute atomic E-state index is 0.0288. The van der Waals surface area contributed by atoms with Crippen molar-refractivity contribution in [2.24, 2.45) is 0 Å². The van der Waals surface area contributed by atoms with Gasteiger partial charge in [-0.05, 0) is 83.0 Å². The van der Waals surface area contributed by atoms with Gasteiger partial charge in [0.25, 0.3) is 0 Å². The molecule has 0 unspecified atom stereocenters. The monoisotopic (exact) mass is 420 g/mol. The smallest absolute Gasteiger partial charge is 0.0840 e. The van der Waals surface area contributed by atoms with E-state index in [1.807, 2.05) is 6.07 Å². The number of benzene rings is 3. The van der Waals surface area contributed by atoms with Crippen LogP contribution in [-0.2, 0) is 10.8 Å². The second-order valence-corrected chi connectivity index (χ2v) is 10.8. The predicted molar refractivity (Wildman–Crippen MR) is 137 cm³/mol. The molecule has 5 aromatic rings. The van der Waals surface area contributed by atoms with Crippen LogP contribution in [0, 0.1) is 6.92 Å². The third kappa shape index (κ3) is 2.75. The third-order valence-electron chi connectivity index (χ3n) is 7.62. The van der Waals surface area contributed by atoms with Crippen molar-refractivity contribution in [3.63, 3.8) is 0 Å². The van der Waals surface area contributed by atoms with Crippen LogP contribution in [0.4, 0.5) is 0 Å². The molecule has 0 bridgehead atoms. The van der Waals surface area contributed by atoms with Gasteiger partial charge in [-0.1, -0.05) is 52.0 Å². The molecule has 0 radical (unpaired) electrons. The molecule has 2 nitrogen and oxygen atoms in total. The summed E-state index contributed by atoms with van der Waals surface area (Å²) >= 11 is 0. The number of aromatic amines is 1. The van der Waals surface area contributed by atoms with Gasteiger partial charge in [-0.3, -0.25) is 4.98 Å². The lowest BCUT2D eigenvalue weighted by atomic mass is 9.63. The van der Waals surface area contributed by atoms with Crippen LogP contribution in [0.3, 0.4) is 0 Å². The number of hydrogen-bond acceptors (Lipinski definition) is 1. The maximum absolute atomic E-state index is 8.73. The molecule has 6 rings (SSSR count). The van der Waals surface area contributed by atoms with E-state index in [-0.39, 0.29) is 23.0 Å². The molecule has 2 aromatic heterocycles. The van der Waals surface area contributed by atoms with Gasteiger partial charge in [-0.15, -0.1) is 0 Å². The molecule has 1 N–H and O–H groups in total. The largest absolute Gasteiger partial charge is 0.354 e. The number of rotatable bonds is 1. The van der Waals surface area contributed by atoms with Crippen LogP contribution in [0.2, 0.25) is 0 Å². The highest BCUT2D eigenvalue weighted by Gasteiger charge is 2.37. The Kier molecular flexibility index (Phi) is 3.51. The molecular weight excluding hydrogens is 388 g/mol. The summed E-state index contributed by atoms with van der Waals surface area (Å²) in [6.07, 6.45) is 2.27. The fourth-order valence-electron chi connectivity index (χ4n) is 5.60. The molecule has 0 fully saturated rings. The quantitative estimate of drug-likeness (QED) is 0.291. The van der Waals surface area contributed by atoms with Crippen molar-refractivity contribution in [1.29, 1.82) is 0 Å². The van der Waals surface area contributed by atoms with Crippen molar-refractivity contribution in [1.82, 2.24) is 9.97 Å². The Labute approximate surface area is 192 Å². The molecule has 160 valence electrons. The van der Waals surface area contributed by atoms with Gasteiger partial charge in [-0.25, -0.2) is 0 Å². The Morgan fingerprint density at radius 3 is 2.38 bits per heavy atom. The van der Waals surface area contributed by atoms with E-state index in [0.29, 0.717) is 0 Å².